The SMILES string of the molecule is COc1cc(N2CCOCC2)ccc1[N+]#N.[Cl-]. The molecule has 0 aliphatic carbocycles. The Balaban J connectivity index is 0.00000144. The third kappa shape index (κ3) is 2.99. The summed E-state index contributed by atoms with van der Waals surface area (Å²) in [7, 11) is 1.56. The summed E-state index contributed by atoms with van der Waals surface area (Å²) in [4.78, 5) is 5.37. The fraction of sp³-hybridized carbons (Fsp3) is 0.455. The highest BCUT2D eigenvalue weighted by atomic mass is 35.5. The van der Waals surface area contributed by atoms with Crippen LogP contribution in [-0.4, -0.2) is 33.4 Å². The third-order valence-corrected chi connectivity index (χ3v) is 2.65. The second-order valence-corrected chi connectivity index (χ2v) is 3.56. The molecule has 92 valence electrons. The van der Waals surface area contributed by atoms with E-state index in [9.17, 15) is 0 Å². The fourth-order valence-electron chi connectivity index (χ4n) is 1.77. The third-order valence-electron chi connectivity index (χ3n) is 2.65. The molecular formula is C11H14ClN3O2. The zero-order chi connectivity index (χ0) is 11.4. The normalized spacial score (nSPS) is 14.7. The number of diazo groups is 1. The lowest BCUT2D eigenvalue weighted by molar-refractivity contribution is -0.00000452. The Morgan fingerprint density at radius 1 is 1.35 bits per heavy atom. The van der Waals surface area contributed by atoms with E-state index in [4.69, 9.17) is 14.9 Å². The van der Waals surface area contributed by atoms with Crippen LogP contribution in [0.15, 0.2) is 18.2 Å². The van der Waals surface area contributed by atoms with Crippen molar-refractivity contribution in [1.29, 1.82) is 5.39 Å². The van der Waals surface area contributed by atoms with Gasteiger partial charge in [-0.25, -0.2) is 0 Å². The Labute approximate surface area is 106 Å². The van der Waals surface area contributed by atoms with Crippen molar-refractivity contribution in [2.45, 2.75) is 0 Å². The molecule has 0 aromatic heterocycles. The predicted octanol–water partition coefficient (Wildman–Crippen LogP) is -0.980. The zero-order valence-corrected chi connectivity index (χ0v) is 10.4. The van der Waals surface area contributed by atoms with Gasteiger partial charge in [-0.1, -0.05) is 0 Å². The van der Waals surface area contributed by atoms with E-state index in [1.54, 1.807) is 13.2 Å². The van der Waals surface area contributed by atoms with Crippen molar-refractivity contribution >= 4 is 11.4 Å². The first kappa shape index (κ1) is 13.6. The van der Waals surface area contributed by atoms with Crippen LogP contribution >= 0.6 is 0 Å². The van der Waals surface area contributed by atoms with E-state index in [2.05, 4.69) is 9.88 Å². The van der Waals surface area contributed by atoms with Crippen molar-refractivity contribution < 1.29 is 21.9 Å². The number of rotatable bonds is 2. The molecular weight excluding hydrogens is 242 g/mol. The smallest absolute Gasteiger partial charge is 0.426 e. The number of benzene rings is 1. The Hall–Kier alpha value is -1.51. The standard InChI is InChI=1S/C11H14N3O2.ClH/c1-15-11-8-9(2-3-10(11)13-12)14-4-6-16-7-5-14;/h2-3,8H,4-7H2,1H3;1H/q+1;/p-1. The van der Waals surface area contributed by atoms with Crippen LogP contribution in [0.4, 0.5) is 11.4 Å². The minimum atomic E-state index is 0. The molecule has 0 saturated carbocycles. The summed E-state index contributed by atoms with van der Waals surface area (Å²) in [6.07, 6.45) is 0. The van der Waals surface area contributed by atoms with Gasteiger partial charge in [0.2, 0.25) is 11.1 Å². The molecule has 1 fully saturated rings. The van der Waals surface area contributed by atoms with Gasteiger partial charge < -0.3 is 26.8 Å². The molecule has 5 nitrogen and oxygen atoms in total. The Morgan fingerprint density at radius 2 is 2.06 bits per heavy atom. The van der Waals surface area contributed by atoms with Gasteiger partial charge in [0, 0.05) is 30.9 Å². The van der Waals surface area contributed by atoms with E-state index >= 15 is 0 Å². The van der Waals surface area contributed by atoms with Gasteiger partial charge >= 0.3 is 5.69 Å². The highest BCUT2D eigenvalue weighted by Crippen LogP contribution is 2.32. The minimum absolute atomic E-state index is 0. The van der Waals surface area contributed by atoms with E-state index in [1.807, 2.05) is 12.1 Å². The Morgan fingerprint density at radius 3 is 2.65 bits per heavy atom. The van der Waals surface area contributed by atoms with Gasteiger partial charge in [-0.15, -0.1) is 0 Å². The molecule has 1 aromatic carbocycles. The first-order valence-electron chi connectivity index (χ1n) is 5.21. The zero-order valence-electron chi connectivity index (χ0n) is 9.60. The molecule has 0 bridgehead atoms. The number of ether oxygens (including phenoxy) is 2. The van der Waals surface area contributed by atoms with Crippen LogP contribution < -0.4 is 22.0 Å². The summed E-state index contributed by atoms with van der Waals surface area (Å²) in [6, 6.07) is 5.53. The van der Waals surface area contributed by atoms with Crippen LogP contribution in [0.1, 0.15) is 0 Å². The molecule has 1 heterocycles. The van der Waals surface area contributed by atoms with E-state index in [-0.39, 0.29) is 12.4 Å². The van der Waals surface area contributed by atoms with Crippen LogP contribution in [0.2, 0.25) is 0 Å². The Bertz CT molecular complexity index is 414. The maximum atomic E-state index is 8.76. The topological polar surface area (TPSA) is 49.9 Å². The van der Waals surface area contributed by atoms with E-state index in [0.29, 0.717) is 11.4 Å². The summed E-state index contributed by atoms with van der Waals surface area (Å²) in [5, 5.41) is 8.76. The van der Waals surface area contributed by atoms with Crippen molar-refractivity contribution in [3.05, 3.63) is 23.2 Å². The fourth-order valence-corrected chi connectivity index (χ4v) is 1.77. The molecule has 0 N–H and O–H groups in total. The molecule has 17 heavy (non-hydrogen) atoms. The van der Waals surface area contributed by atoms with Crippen LogP contribution in [-0.2, 0) is 4.74 Å². The van der Waals surface area contributed by atoms with Gasteiger partial charge in [-0.2, -0.15) is 0 Å². The lowest BCUT2D eigenvalue weighted by Crippen LogP contribution is -3.00. The summed E-state index contributed by atoms with van der Waals surface area (Å²) in [5.74, 6) is 0.575. The maximum absolute atomic E-state index is 8.76. The number of hydrogen-bond acceptors (Lipinski definition) is 4. The van der Waals surface area contributed by atoms with Crippen LogP contribution in [0.25, 0.3) is 4.98 Å². The average Bonchev–Trinajstić information content (AvgIpc) is 2.39. The molecule has 2 rings (SSSR count). The minimum Gasteiger partial charge on any atom is -1.00 e. The molecule has 0 atom stereocenters. The van der Waals surface area contributed by atoms with E-state index in [0.717, 1.165) is 32.0 Å². The largest absolute Gasteiger partial charge is 1.00 e. The molecule has 0 unspecified atom stereocenters. The van der Waals surface area contributed by atoms with Crippen LogP contribution in [0.5, 0.6) is 5.75 Å². The van der Waals surface area contributed by atoms with Gasteiger partial charge in [-0.05, 0) is 6.07 Å². The van der Waals surface area contributed by atoms with Crippen LogP contribution in [0.3, 0.4) is 0 Å². The molecule has 0 radical (unpaired) electrons. The molecule has 1 aliphatic heterocycles. The van der Waals surface area contributed by atoms with Gasteiger partial charge in [0.25, 0.3) is 0 Å². The number of nitrogens with zero attached hydrogens (tertiary/aromatic N) is 3. The summed E-state index contributed by atoms with van der Waals surface area (Å²) in [5.41, 5.74) is 1.51. The first-order valence-corrected chi connectivity index (χ1v) is 5.21. The number of anilines is 1. The van der Waals surface area contributed by atoms with Gasteiger partial charge in [0.1, 0.15) is 0 Å². The van der Waals surface area contributed by atoms with Crippen molar-refractivity contribution in [2.75, 3.05) is 38.3 Å². The molecule has 1 saturated heterocycles. The van der Waals surface area contributed by atoms with E-state index in [1.165, 1.54) is 0 Å². The number of halogens is 1. The van der Waals surface area contributed by atoms with Crippen molar-refractivity contribution in [2.24, 2.45) is 0 Å². The van der Waals surface area contributed by atoms with Gasteiger partial charge in [-0.3, -0.25) is 0 Å². The second kappa shape index (κ2) is 6.28. The lowest BCUT2D eigenvalue weighted by Gasteiger charge is -2.28. The van der Waals surface area contributed by atoms with Crippen molar-refractivity contribution in [3.63, 3.8) is 0 Å². The quantitative estimate of drug-likeness (QED) is 0.638. The molecule has 1 aromatic rings. The van der Waals surface area contributed by atoms with Gasteiger partial charge in [0.05, 0.1) is 20.3 Å². The maximum Gasteiger partial charge on any atom is 0.426 e. The first-order chi connectivity index (χ1) is 7.85. The molecule has 0 amide bonds. The summed E-state index contributed by atoms with van der Waals surface area (Å²) >= 11 is 0. The molecule has 0 spiro atoms. The van der Waals surface area contributed by atoms with Crippen molar-refractivity contribution in [1.82, 2.24) is 0 Å². The molecule has 6 heteroatoms. The summed E-state index contributed by atoms with van der Waals surface area (Å²) < 4.78 is 10.4. The highest BCUT2D eigenvalue weighted by Gasteiger charge is 2.18. The lowest BCUT2D eigenvalue weighted by atomic mass is 10.2. The van der Waals surface area contributed by atoms with Crippen molar-refractivity contribution in [3.8, 4) is 5.75 Å². The monoisotopic (exact) mass is 255 g/mol. The number of morpholine rings is 1. The Kier molecular flexibility index (Phi) is 5.01. The number of methoxy groups -OCH3 is 1. The predicted molar refractivity (Wildman–Crippen MR) is 60.8 cm³/mol. The molecule has 1 aliphatic rings. The average molecular weight is 256 g/mol. The second-order valence-electron chi connectivity index (χ2n) is 3.56. The van der Waals surface area contributed by atoms with E-state index < -0.39 is 0 Å². The highest BCUT2D eigenvalue weighted by molar-refractivity contribution is 5.65. The number of hydrogen-bond donors (Lipinski definition) is 0. The summed E-state index contributed by atoms with van der Waals surface area (Å²) in [6.45, 7) is 3.24. The van der Waals surface area contributed by atoms with Gasteiger partial charge in [0.15, 0.2) is 4.98 Å². The van der Waals surface area contributed by atoms with Crippen LogP contribution in [0, 0.1) is 5.39 Å².